The number of ether oxygens (including phenoxy) is 1. The fourth-order valence-electron chi connectivity index (χ4n) is 2.41. The summed E-state index contributed by atoms with van der Waals surface area (Å²) in [6.07, 6.45) is -4.10. The van der Waals surface area contributed by atoms with Crippen LogP contribution in [-0.2, 0) is 20.9 Å². The molecule has 1 aliphatic rings. The number of halogens is 3. The highest BCUT2D eigenvalue weighted by Crippen LogP contribution is 2.34. The first-order valence-electron chi connectivity index (χ1n) is 7.15. The number of alkyl halides is 3. The van der Waals surface area contributed by atoms with Crippen molar-refractivity contribution in [3.8, 4) is 0 Å². The second-order valence-corrected chi connectivity index (χ2v) is 7.17. The molecule has 24 heavy (non-hydrogen) atoms. The monoisotopic (exact) mass is 366 g/mol. The lowest BCUT2D eigenvalue weighted by Gasteiger charge is -2.15. The summed E-state index contributed by atoms with van der Waals surface area (Å²) in [5.41, 5.74) is -2.08. The zero-order valence-electron chi connectivity index (χ0n) is 12.8. The minimum atomic E-state index is -4.88. The van der Waals surface area contributed by atoms with Crippen molar-refractivity contribution in [1.29, 1.82) is 0 Å². The van der Waals surface area contributed by atoms with Gasteiger partial charge in [0.15, 0.2) is 0 Å². The van der Waals surface area contributed by atoms with E-state index in [0.29, 0.717) is 12.6 Å². The maximum absolute atomic E-state index is 13.1. The number of esters is 1. The summed E-state index contributed by atoms with van der Waals surface area (Å²) in [5, 5.41) is 3.07. The van der Waals surface area contributed by atoms with Gasteiger partial charge in [-0.1, -0.05) is 0 Å². The van der Waals surface area contributed by atoms with E-state index >= 15 is 0 Å². The number of sulfonamides is 1. The van der Waals surface area contributed by atoms with Crippen LogP contribution in [0.5, 0.6) is 0 Å². The molecule has 0 aromatic heterocycles. The molecule has 0 radical (unpaired) electrons. The van der Waals surface area contributed by atoms with Gasteiger partial charge in [-0.15, -0.1) is 0 Å². The topological polar surface area (TPSA) is 84.5 Å². The molecule has 2 rings (SSSR count). The molecule has 1 unspecified atom stereocenters. The number of rotatable bonds is 5. The number of nitrogens with one attached hydrogen (secondary N) is 2. The number of carbonyl (C=O) groups is 1. The molecule has 0 saturated carbocycles. The Balaban J connectivity index is 2.30. The molecule has 1 saturated heterocycles. The van der Waals surface area contributed by atoms with Crippen LogP contribution in [0.25, 0.3) is 0 Å². The third-order valence-corrected chi connectivity index (χ3v) is 5.16. The summed E-state index contributed by atoms with van der Waals surface area (Å²) in [7, 11) is -3.16. The number of carbonyl (C=O) groups excluding carboxylic acids is 1. The minimum absolute atomic E-state index is 0.0937. The highest BCUT2D eigenvalue weighted by Gasteiger charge is 2.37. The van der Waals surface area contributed by atoms with Crippen molar-refractivity contribution in [1.82, 2.24) is 10.0 Å². The molecule has 1 aromatic carbocycles. The van der Waals surface area contributed by atoms with Crippen LogP contribution in [0, 0.1) is 5.92 Å². The molecule has 134 valence electrons. The second-order valence-electron chi connectivity index (χ2n) is 5.41. The molecule has 6 nitrogen and oxygen atoms in total. The Hall–Kier alpha value is -1.65. The van der Waals surface area contributed by atoms with Crippen LogP contribution in [0.15, 0.2) is 23.1 Å². The lowest BCUT2D eigenvalue weighted by atomic mass is 10.1. The molecule has 0 bridgehead atoms. The smallest absolute Gasteiger partial charge is 0.417 e. The fourth-order valence-corrected chi connectivity index (χ4v) is 3.55. The number of benzene rings is 1. The van der Waals surface area contributed by atoms with Crippen LogP contribution in [-0.4, -0.2) is 41.1 Å². The largest absolute Gasteiger partial charge is 0.465 e. The Morgan fingerprint density at radius 2 is 2.12 bits per heavy atom. The predicted octanol–water partition coefficient (Wildman–Crippen LogP) is 1.38. The molecule has 1 atom stereocenters. The van der Waals surface area contributed by atoms with E-state index in [1.54, 1.807) is 0 Å². The molecule has 1 aliphatic heterocycles. The lowest BCUT2D eigenvalue weighted by Crippen LogP contribution is -2.30. The van der Waals surface area contributed by atoms with Gasteiger partial charge in [-0.25, -0.2) is 17.9 Å². The summed E-state index contributed by atoms with van der Waals surface area (Å²) in [4.78, 5) is 10.9. The summed E-state index contributed by atoms with van der Waals surface area (Å²) in [6.45, 7) is 1.56. The molecule has 2 N–H and O–H groups in total. The van der Waals surface area contributed by atoms with Gasteiger partial charge in [-0.3, -0.25) is 0 Å². The van der Waals surface area contributed by atoms with E-state index in [2.05, 4.69) is 14.8 Å². The Labute approximate surface area is 137 Å². The maximum atomic E-state index is 13.1. The van der Waals surface area contributed by atoms with E-state index in [1.807, 2.05) is 0 Å². The van der Waals surface area contributed by atoms with Gasteiger partial charge in [0.05, 0.1) is 23.1 Å². The third kappa shape index (κ3) is 4.25. The Bertz CT molecular complexity index is 713. The standard InChI is InChI=1S/C14H17F3N2O4S/c1-23-13(20)11-3-2-10(6-12(11)14(15,16)17)24(21,22)19-8-9-4-5-18-7-9/h2-3,6,9,18-19H,4-5,7-8H2,1H3. The molecule has 0 aliphatic carbocycles. The zero-order valence-corrected chi connectivity index (χ0v) is 13.6. The summed E-state index contributed by atoms with van der Waals surface area (Å²) in [6, 6.07) is 2.21. The Morgan fingerprint density at radius 3 is 2.67 bits per heavy atom. The van der Waals surface area contributed by atoms with Crippen molar-refractivity contribution in [2.45, 2.75) is 17.5 Å². The molecule has 1 fully saturated rings. The molecular formula is C14H17F3N2O4S. The van der Waals surface area contributed by atoms with E-state index < -0.39 is 38.2 Å². The summed E-state index contributed by atoms with van der Waals surface area (Å²) < 4.78 is 70.4. The van der Waals surface area contributed by atoms with Crippen LogP contribution in [0.1, 0.15) is 22.3 Å². The van der Waals surface area contributed by atoms with Crippen molar-refractivity contribution in [2.24, 2.45) is 5.92 Å². The van der Waals surface area contributed by atoms with E-state index in [0.717, 1.165) is 32.2 Å². The quantitative estimate of drug-likeness (QED) is 0.769. The first-order valence-corrected chi connectivity index (χ1v) is 8.63. The van der Waals surface area contributed by atoms with E-state index in [-0.39, 0.29) is 12.5 Å². The van der Waals surface area contributed by atoms with E-state index in [4.69, 9.17) is 0 Å². The van der Waals surface area contributed by atoms with Gasteiger partial charge in [0.25, 0.3) is 0 Å². The molecular weight excluding hydrogens is 349 g/mol. The molecule has 1 aromatic rings. The van der Waals surface area contributed by atoms with Crippen molar-refractivity contribution in [3.05, 3.63) is 29.3 Å². The number of hydrogen-bond acceptors (Lipinski definition) is 5. The average Bonchev–Trinajstić information content (AvgIpc) is 3.04. The maximum Gasteiger partial charge on any atom is 0.417 e. The molecule has 1 heterocycles. The minimum Gasteiger partial charge on any atom is -0.465 e. The third-order valence-electron chi connectivity index (χ3n) is 3.74. The van der Waals surface area contributed by atoms with Crippen LogP contribution < -0.4 is 10.0 Å². The van der Waals surface area contributed by atoms with Crippen molar-refractivity contribution < 1.29 is 31.1 Å². The highest BCUT2D eigenvalue weighted by atomic mass is 32.2. The first-order chi connectivity index (χ1) is 11.1. The number of methoxy groups -OCH3 is 1. The van der Waals surface area contributed by atoms with Crippen molar-refractivity contribution in [3.63, 3.8) is 0 Å². The van der Waals surface area contributed by atoms with Crippen molar-refractivity contribution in [2.75, 3.05) is 26.7 Å². The van der Waals surface area contributed by atoms with Crippen LogP contribution in [0.3, 0.4) is 0 Å². The van der Waals surface area contributed by atoms with Crippen LogP contribution in [0.4, 0.5) is 13.2 Å². The van der Waals surface area contributed by atoms with Crippen LogP contribution in [0.2, 0.25) is 0 Å². The van der Waals surface area contributed by atoms with Gasteiger partial charge in [-0.2, -0.15) is 13.2 Å². The average molecular weight is 366 g/mol. The highest BCUT2D eigenvalue weighted by molar-refractivity contribution is 7.89. The van der Waals surface area contributed by atoms with Gasteiger partial charge in [0.1, 0.15) is 0 Å². The fraction of sp³-hybridized carbons (Fsp3) is 0.500. The summed E-state index contributed by atoms with van der Waals surface area (Å²) in [5.74, 6) is -1.09. The van der Waals surface area contributed by atoms with Gasteiger partial charge >= 0.3 is 12.1 Å². The molecule has 10 heteroatoms. The normalized spacial score (nSPS) is 18.6. The number of hydrogen-bond donors (Lipinski definition) is 2. The van der Waals surface area contributed by atoms with Crippen LogP contribution >= 0.6 is 0 Å². The first kappa shape index (κ1) is 18.7. The van der Waals surface area contributed by atoms with Gasteiger partial charge in [0.2, 0.25) is 10.0 Å². The molecule has 0 spiro atoms. The van der Waals surface area contributed by atoms with E-state index in [9.17, 15) is 26.4 Å². The second kappa shape index (κ2) is 7.08. The zero-order chi connectivity index (χ0) is 18.0. The van der Waals surface area contributed by atoms with Gasteiger partial charge < -0.3 is 10.1 Å². The lowest BCUT2D eigenvalue weighted by molar-refractivity contribution is -0.138. The predicted molar refractivity (Wildman–Crippen MR) is 78.9 cm³/mol. The van der Waals surface area contributed by atoms with Gasteiger partial charge in [0, 0.05) is 6.54 Å². The SMILES string of the molecule is COC(=O)c1ccc(S(=O)(=O)NCC2CCNC2)cc1C(F)(F)F. The van der Waals surface area contributed by atoms with Crippen molar-refractivity contribution >= 4 is 16.0 Å². The molecule has 0 amide bonds. The van der Waals surface area contributed by atoms with Gasteiger partial charge in [-0.05, 0) is 43.6 Å². The Morgan fingerprint density at radius 1 is 1.42 bits per heavy atom. The van der Waals surface area contributed by atoms with E-state index in [1.165, 1.54) is 0 Å². The summed E-state index contributed by atoms with van der Waals surface area (Å²) >= 11 is 0. The Kier molecular flexibility index (Phi) is 5.51.